The van der Waals surface area contributed by atoms with Crippen LogP contribution >= 0.6 is 0 Å². The molecule has 0 aliphatic rings. The van der Waals surface area contributed by atoms with Crippen molar-refractivity contribution in [1.29, 1.82) is 0 Å². The summed E-state index contributed by atoms with van der Waals surface area (Å²) in [4.78, 5) is 0. The van der Waals surface area contributed by atoms with E-state index in [1.807, 2.05) is 0 Å². The van der Waals surface area contributed by atoms with Gasteiger partial charge in [-0.15, -0.1) is 0 Å². The van der Waals surface area contributed by atoms with Crippen molar-refractivity contribution in [2.24, 2.45) is 0 Å². The predicted molar refractivity (Wildman–Crippen MR) is 22.7 cm³/mol. The van der Waals surface area contributed by atoms with Crippen LogP contribution in [0, 0.1) is 0 Å². The monoisotopic (exact) mass is 283 g/mol. The zero-order valence-corrected chi connectivity index (χ0v) is 8.92. The van der Waals surface area contributed by atoms with Crippen LogP contribution in [0.5, 0.6) is 0 Å². The van der Waals surface area contributed by atoms with E-state index in [4.69, 9.17) is 17.5 Å². The van der Waals surface area contributed by atoms with Gasteiger partial charge >= 0.3 is 34.3 Å². The zero-order valence-electron chi connectivity index (χ0n) is 3.13. The number of hydrogen-bond donors (Lipinski definition) is 2. The third-order valence-corrected chi connectivity index (χ3v) is 0. The number of rotatable bonds is 0. The van der Waals surface area contributed by atoms with Gasteiger partial charge in [0, 0.05) is 17.1 Å². The summed E-state index contributed by atoms with van der Waals surface area (Å²) in [5.41, 5.74) is 0. The molecule has 7 heteroatoms. The Bertz CT molecular complexity index is 94.9. The van der Waals surface area contributed by atoms with Gasteiger partial charge in [-0.25, -0.2) is 0 Å². The second-order valence-corrected chi connectivity index (χ2v) is 1.34. The predicted octanol–water partition coefficient (Wildman–Crippen LogP) is -1.57. The fourth-order valence-electron chi connectivity index (χ4n) is 0. The summed E-state index contributed by atoms with van der Waals surface area (Å²) >= 11 is 0. The minimum absolute atomic E-state index is 0. The van der Waals surface area contributed by atoms with Gasteiger partial charge in [0.05, 0.1) is 0 Å². The molecule has 2 N–H and O–H groups in total. The molecule has 0 rings (SSSR count). The van der Waals surface area contributed by atoms with E-state index in [1.165, 1.54) is 0 Å². The first-order valence-electron chi connectivity index (χ1n) is 0.698. The van der Waals surface area contributed by atoms with Gasteiger partial charge in [-0.2, -0.15) is 8.42 Å². The topological polar surface area (TPSA) is 74.6 Å². The van der Waals surface area contributed by atoms with Crippen molar-refractivity contribution in [3.63, 3.8) is 0 Å². The van der Waals surface area contributed by atoms with Crippen LogP contribution in [0.25, 0.3) is 0 Å². The molecule has 0 fully saturated rings. The molecule has 0 atom stereocenters. The van der Waals surface area contributed by atoms with Gasteiger partial charge in [-0.3, -0.25) is 9.11 Å². The van der Waals surface area contributed by atoms with E-state index in [-0.39, 0.29) is 41.0 Å². The first-order valence-corrected chi connectivity index (χ1v) is 2.10. The van der Waals surface area contributed by atoms with Gasteiger partial charge in [-0.1, -0.05) is 0 Å². The van der Waals surface area contributed by atoms with E-state index in [9.17, 15) is 0 Å². The Morgan fingerprint density at radius 3 is 1.14 bits per heavy atom. The molecule has 49 valence electrons. The summed E-state index contributed by atoms with van der Waals surface area (Å²) in [5, 5.41) is 0. The molecule has 7 heavy (non-hydrogen) atoms. The normalized spacial score (nSPS) is 8.29. The van der Waals surface area contributed by atoms with E-state index < -0.39 is 10.4 Å². The summed E-state index contributed by atoms with van der Waals surface area (Å²) in [6.07, 6.45) is 0. The van der Waals surface area contributed by atoms with Gasteiger partial charge in [0.25, 0.3) is 0 Å². The summed E-state index contributed by atoms with van der Waals surface area (Å²) in [6, 6.07) is 0. The second-order valence-electron chi connectivity index (χ2n) is 0.448. The Kier molecular flexibility index (Phi) is 12.0. The molecular weight excluding hydrogens is 278 g/mol. The van der Waals surface area contributed by atoms with Crippen LogP contribution < -0.4 is 0 Å². The Hall–Kier alpha value is 1.19. The van der Waals surface area contributed by atoms with E-state index >= 15 is 0 Å². The molecular formula is H4CuO4SSn. The van der Waals surface area contributed by atoms with E-state index in [0.717, 1.165) is 0 Å². The molecule has 0 saturated carbocycles. The maximum absolute atomic E-state index is 8.74. The minimum atomic E-state index is -4.67. The van der Waals surface area contributed by atoms with E-state index in [0.29, 0.717) is 0 Å². The standard InChI is InChI=1S/Cu.H2O4S.Sn.2H/c;1-5(2,3)4;;;/h;(H2,1,2,3,4);;;. The van der Waals surface area contributed by atoms with Gasteiger partial charge in [0.2, 0.25) is 0 Å². The van der Waals surface area contributed by atoms with Crippen LogP contribution in [0.15, 0.2) is 0 Å². The summed E-state index contributed by atoms with van der Waals surface area (Å²) in [5.74, 6) is 0. The van der Waals surface area contributed by atoms with Crippen molar-refractivity contribution in [3.8, 4) is 0 Å². The first kappa shape index (κ1) is 15.7. The molecule has 0 spiro atoms. The third-order valence-electron chi connectivity index (χ3n) is 0. The third kappa shape index (κ3) is 137. The summed E-state index contributed by atoms with van der Waals surface area (Å²) < 4.78 is 31.6. The Labute approximate surface area is 68.7 Å². The quantitative estimate of drug-likeness (QED) is 0.416. The second kappa shape index (κ2) is 5.33. The van der Waals surface area contributed by atoms with Crippen molar-refractivity contribution >= 4 is 34.3 Å². The zero-order chi connectivity index (χ0) is 4.50. The van der Waals surface area contributed by atoms with Gasteiger partial charge in [0.15, 0.2) is 0 Å². The maximum atomic E-state index is 8.74. The molecule has 0 amide bonds. The molecule has 0 unspecified atom stereocenters. The Balaban J connectivity index is -0.0000000800. The van der Waals surface area contributed by atoms with Crippen LogP contribution in [0.1, 0.15) is 0 Å². The van der Waals surface area contributed by atoms with Gasteiger partial charge in [0.1, 0.15) is 0 Å². The van der Waals surface area contributed by atoms with E-state index in [2.05, 4.69) is 0 Å². The van der Waals surface area contributed by atoms with Crippen molar-refractivity contribution in [2.75, 3.05) is 0 Å². The fraction of sp³-hybridized carbons (Fsp3) is 0. The average molecular weight is 282 g/mol. The first-order chi connectivity index (χ1) is 2.00. The Morgan fingerprint density at radius 1 is 1.14 bits per heavy atom. The average Bonchev–Trinajstić information content (AvgIpc) is 0.722. The van der Waals surface area contributed by atoms with E-state index in [1.54, 1.807) is 0 Å². The van der Waals surface area contributed by atoms with Crippen LogP contribution in [0.4, 0.5) is 0 Å². The molecule has 0 heterocycles. The van der Waals surface area contributed by atoms with Crippen molar-refractivity contribution in [2.45, 2.75) is 0 Å². The van der Waals surface area contributed by atoms with Crippen molar-refractivity contribution in [3.05, 3.63) is 0 Å². The Morgan fingerprint density at radius 2 is 1.14 bits per heavy atom. The molecule has 0 aliphatic carbocycles. The van der Waals surface area contributed by atoms with Crippen molar-refractivity contribution in [1.82, 2.24) is 0 Å². The molecule has 3 radical (unpaired) electrons. The molecule has 0 aromatic carbocycles. The molecule has 0 bridgehead atoms. The SMILES string of the molecule is O=S(=O)(O)O.[Cu].[SnH2]. The van der Waals surface area contributed by atoms with Gasteiger partial charge < -0.3 is 0 Å². The molecule has 0 saturated heterocycles. The van der Waals surface area contributed by atoms with Crippen LogP contribution in [0.3, 0.4) is 0 Å². The van der Waals surface area contributed by atoms with Crippen LogP contribution in [-0.2, 0) is 27.5 Å². The summed E-state index contributed by atoms with van der Waals surface area (Å²) in [6.45, 7) is 0. The van der Waals surface area contributed by atoms with Crippen LogP contribution in [0.2, 0.25) is 0 Å². The van der Waals surface area contributed by atoms with Crippen LogP contribution in [-0.4, -0.2) is 41.4 Å². The number of hydrogen-bond acceptors (Lipinski definition) is 2. The van der Waals surface area contributed by atoms with Gasteiger partial charge in [-0.05, 0) is 0 Å². The molecule has 0 aromatic rings. The van der Waals surface area contributed by atoms with Crippen molar-refractivity contribution < 1.29 is 34.6 Å². The summed E-state index contributed by atoms with van der Waals surface area (Å²) in [7, 11) is -4.67. The molecule has 0 aromatic heterocycles. The molecule has 4 nitrogen and oxygen atoms in total. The molecule has 0 aliphatic heterocycles. The fourth-order valence-corrected chi connectivity index (χ4v) is 0.